The van der Waals surface area contributed by atoms with Crippen LogP contribution in [0.5, 0.6) is 23.0 Å². The molecule has 0 radical (unpaired) electrons. The Bertz CT molecular complexity index is 3000. The molecule has 0 spiro atoms. The monoisotopic (exact) mass is 1480 g/mol. The van der Waals surface area contributed by atoms with Crippen LogP contribution >= 0.6 is 0 Å². The van der Waals surface area contributed by atoms with E-state index in [4.69, 9.17) is 110 Å². The summed E-state index contributed by atoms with van der Waals surface area (Å²) in [6.45, 7) is 31.3. The van der Waals surface area contributed by atoms with Crippen molar-refractivity contribution in [2.75, 3.05) is 141 Å². The molecule has 0 amide bonds. The molecule has 3 aromatic rings. The predicted molar refractivity (Wildman–Crippen MR) is 360 cm³/mol. The molecule has 3 aromatic carbocycles. The third-order valence-corrected chi connectivity index (χ3v) is 16.4. The van der Waals surface area contributed by atoms with Crippen LogP contribution in [0.3, 0.4) is 0 Å². The molecule has 0 aliphatic carbocycles. The third kappa shape index (κ3) is 37.6. The molecule has 0 aromatic heterocycles. The number of carbonyl (C=O) groups excluding carboxylic acids is 6. The Morgan fingerprint density at radius 2 is 0.883 bits per heavy atom. The van der Waals surface area contributed by atoms with Crippen LogP contribution in [0, 0.1) is 17.8 Å². The number of aryl methyl sites for hydroxylation is 1. The number of esters is 4. The van der Waals surface area contributed by atoms with E-state index >= 15 is 0 Å². The van der Waals surface area contributed by atoms with Crippen LogP contribution in [0.4, 0.5) is 22.8 Å². The molecule has 572 valence electrons. The molecule has 0 aliphatic rings. The van der Waals surface area contributed by atoms with Gasteiger partial charge in [-0.25, -0.2) is 58.1 Å². The standard InChI is InChI=1S/C35H32O14.C28H46O13.C6H13F3O3Si/c1-4-30(36)42-18-6-7-19-44-34(40)47-26-12-8-24(9-13-26)32(38)46-28-16-17-29(23(3)22-28)49-33(39)25-10-14-27(15-11-25)48-35(41)45-21-20-43-31(37)5-2;1-10-32-21-36-17-27(18-37-22-33-11-2,19-38-23-34-12-3)16-35-20-28(24(4)13-39-29-7,25(5)14-40-30-8)26(6)15-41-31-9;1-11-13(5-10,12-2)4-3-6(7,8)9/h4-5,8-17,22H,1-2,6-7,18-21H2,3H3;10-12H,1-6,13-23H2,7-9H3;10H,3-5H2,1-2H3. The van der Waals surface area contributed by atoms with Crippen molar-refractivity contribution in [3.8, 4) is 23.0 Å². The van der Waals surface area contributed by atoms with Crippen molar-refractivity contribution in [3.05, 3.63) is 184 Å². The molecule has 0 bridgehead atoms. The first-order chi connectivity index (χ1) is 49.3. The van der Waals surface area contributed by atoms with Gasteiger partial charge in [-0.3, -0.25) is 0 Å². The smallest absolute Gasteiger partial charge is 0.476 e. The van der Waals surface area contributed by atoms with Crippen molar-refractivity contribution in [1.29, 1.82) is 0 Å². The second-order valence-electron chi connectivity index (χ2n) is 20.6. The van der Waals surface area contributed by atoms with Gasteiger partial charge in [0.1, 0.15) is 56.0 Å². The Hall–Kier alpha value is -9.11. The van der Waals surface area contributed by atoms with Gasteiger partial charge in [-0.15, -0.1) is 0 Å². The minimum atomic E-state index is -4.23. The number of alkyl halides is 3. The summed E-state index contributed by atoms with van der Waals surface area (Å²) in [6.07, 6.45) is -0.843. The van der Waals surface area contributed by atoms with Crippen LogP contribution in [0.25, 0.3) is 0 Å². The highest BCUT2D eigenvalue weighted by Gasteiger charge is 2.43. The molecule has 0 atom stereocenters. The van der Waals surface area contributed by atoms with Gasteiger partial charge in [-0.05, 0) is 109 Å². The van der Waals surface area contributed by atoms with Crippen molar-refractivity contribution < 1.29 is 156 Å². The maximum absolute atomic E-state index is 12.7. The Balaban J connectivity index is 0.000000887. The molecule has 0 saturated carbocycles. The Kier molecular flexibility index (Phi) is 47.1. The van der Waals surface area contributed by atoms with Gasteiger partial charge in [0.05, 0.1) is 115 Å². The highest BCUT2D eigenvalue weighted by Crippen LogP contribution is 2.42. The molecule has 3 rings (SSSR count). The lowest BCUT2D eigenvalue weighted by molar-refractivity contribution is -0.273. The number of unbranched alkanes of at least 4 members (excludes halogenated alkanes) is 1. The number of carbonyl (C=O) groups is 6. The summed E-state index contributed by atoms with van der Waals surface area (Å²) in [4.78, 5) is 101. The van der Waals surface area contributed by atoms with E-state index in [9.17, 15) is 41.9 Å². The number of hydrogen-bond acceptors (Lipinski definition) is 30. The molecule has 30 nitrogen and oxygen atoms in total. The topological polar surface area (TPSA) is 335 Å². The second kappa shape index (κ2) is 52.8. The molecule has 103 heavy (non-hydrogen) atoms. The summed E-state index contributed by atoms with van der Waals surface area (Å²) in [5, 5.41) is 8.82. The number of benzene rings is 3. The average molecular weight is 1490 g/mol. The lowest BCUT2D eigenvalue weighted by Crippen LogP contribution is -2.45. The molecule has 0 heterocycles. The molecule has 0 saturated heterocycles. The van der Waals surface area contributed by atoms with E-state index in [2.05, 4.69) is 57.4 Å². The van der Waals surface area contributed by atoms with Crippen LogP contribution < -0.4 is 18.9 Å². The minimum Gasteiger partial charge on any atom is -0.476 e. The van der Waals surface area contributed by atoms with Gasteiger partial charge in [-0.1, -0.05) is 52.6 Å². The predicted octanol–water partition coefficient (Wildman–Crippen LogP) is 10.7. The fraction of sp³-hybridized carbons (Fsp3) is 0.420. The minimum absolute atomic E-state index is 0.0188. The van der Waals surface area contributed by atoms with Crippen molar-refractivity contribution in [2.24, 2.45) is 10.8 Å². The Labute approximate surface area is 596 Å². The van der Waals surface area contributed by atoms with Gasteiger partial charge in [0.15, 0.2) is 20.4 Å². The number of aliphatic hydroxyl groups is 1. The van der Waals surface area contributed by atoms with E-state index in [1.54, 1.807) is 6.92 Å². The molecule has 1 N–H and O–H groups in total. The maximum atomic E-state index is 12.7. The number of hydrogen-bond donors (Lipinski definition) is 1. The van der Waals surface area contributed by atoms with E-state index in [0.717, 1.165) is 12.2 Å². The highest BCUT2D eigenvalue weighted by atomic mass is 28.4. The van der Waals surface area contributed by atoms with Crippen molar-refractivity contribution >= 4 is 44.7 Å². The van der Waals surface area contributed by atoms with Gasteiger partial charge in [0.25, 0.3) is 0 Å². The first kappa shape index (κ1) is 91.9. The quantitative estimate of drug-likeness (QED) is 0.00446. The summed E-state index contributed by atoms with van der Waals surface area (Å²) >= 11 is 0. The molecule has 34 heteroatoms. The van der Waals surface area contributed by atoms with Crippen LogP contribution in [-0.2, 0) is 99.9 Å². The van der Waals surface area contributed by atoms with Crippen molar-refractivity contribution in [1.82, 2.24) is 0 Å². The zero-order valence-corrected chi connectivity index (χ0v) is 59.5. The fourth-order valence-corrected chi connectivity index (χ4v) is 9.64. The first-order valence-electron chi connectivity index (χ1n) is 30.6. The van der Waals surface area contributed by atoms with E-state index in [-0.39, 0.29) is 140 Å². The van der Waals surface area contributed by atoms with Gasteiger partial charge >= 0.3 is 50.9 Å². The number of ether oxygens (including phenoxy) is 15. The van der Waals surface area contributed by atoms with E-state index in [1.165, 1.54) is 121 Å². The normalized spacial score (nSPS) is 11.0. The highest BCUT2D eigenvalue weighted by molar-refractivity contribution is 6.67. The Morgan fingerprint density at radius 3 is 1.27 bits per heavy atom. The second-order valence-corrected chi connectivity index (χ2v) is 24.0. The Morgan fingerprint density at radius 1 is 0.495 bits per heavy atom. The van der Waals surface area contributed by atoms with Gasteiger partial charge < -0.3 is 85.0 Å². The van der Waals surface area contributed by atoms with Crippen molar-refractivity contribution in [2.45, 2.75) is 38.4 Å². The number of aliphatic hydroxyl groups excluding tert-OH is 1. The summed E-state index contributed by atoms with van der Waals surface area (Å²) in [6, 6.07) is 15.3. The van der Waals surface area contributed by atoms with Crippen LogP contribution in [0.2, 0.25) is 6.04 Å². The van der Waals surface area contributed by atoms with Gasteiger partial charge in [-0.2, -0.15) is 13.2 Å². The number of rotatable bonds is 52. The summed E-state index contributed by atoms with van der Waals surface area (Å²) < 4.78 is 124. The molecule has 0 fully saturated rings. The molecule has 0 unspecified atom stereocenters. The number of halogens is 3. The lowest BCUT2D eigenvalue weighted by Gasteiger charge is -2.40. The molecule has 0 aliphatic heterocycles. The fourth-order valence-electron chi connectivity index (χ4n) is 7.99. The largest absolute Gasteiger partial charge is 0.513 e. The van der Waals surface area contributed by atoms with E-state index < -0.39 is 74.4 Å². The zero-order valence-electron chi connectivity index (χ0n) is 58.5. The summed E-state index contributed by atoms with van der Waals surface area (Å²) in [5.74, 6) is -1.89. The zero-order chi connectivity index (χ0) is 77.0. The SMILES string of the molecule is C=CC(=O)OCCCCOC(=O)Oc1ccc(C(=O)Oc2ccc(OC(=O)c3ccc(OC(=O)OCCOC(=O)C=C)cc3)c(C)c2)cc1.C=COCOCC(COCOC=C)(COCOC=C)COCC(C(=C)COOC)(C(=C)COOC)C(=C)COOC.CO[Si](CO)(CCC(F)(F)F)OC. The lowest BCUT2D eigenvalue weighted by atomic mass is 9.70. The van der Waals surface area contributed by atoms with Gasteiger partial charge in [0.2, 0.25) is 0 Å². The maximum Gasteiger partial charge on any atom is 0.513 e. The third-order valence-electron chi connectivity index (χ3n) is 13.4. The summed E-state index contributed by atoms with van der Waals surface area (Å²) in [5.41, 5.74) is 0.344. The van der Waals surface area contributed by atoms with E-state index in [1.807, 2.05) is 0 Å². The van der Waals surface area contributed by atoms with Crippen molar-refractivity contribution in [3.63, 3.8) is 0 Å². The average Bonchev–Trinajstić information content (AvgIpc) is 0.785. The molecular formula is C69H91F3O30Si. The van der Waals surface area contributed by atoms with E-state index in [0.29, 0.717) is 35.1 Å². The van der Waals surface area contributed by atoms with Crippen LogP contribution in [0.15, 0.2) is 167 Å². The van der Waals surface area contributed by atoms with Gasteiger partial charge in [0, 0.05) is 38.8 Å². The molecular weight excluding hydrogens is 1390 g/mol. The summed E-state index contributed by atoms with van der Waals surface area (Å²) in [7, 11) is 3.66. The first-order valence-corrected chi connectivity index (χ1v) is 32.8. The van der Waals surface area contributed by atoms with Crippen LogP contribution in [-0.4, -0.2) is 197 Å². The van der Waals surface area contributed by atoms with Crippen LogP contribution in [0.1, 0.15) is 45.5 Å².